The second-order valence-corrected chi connectivity index (χ2v) is 4.28. The Morgan fingerprint density at radius 1 is 1.38 bits per heavy atom. The Hall–Kier alpha value is -0.781. The SMILES string of the molecule is O=[N+]([O-])c1cc2n[se]nc2cc1Br. The van der Waals surface area contributed by atoms with Crippen LogP contribution in [0.1, 0.15) is 0 Å². The molecule has 0 N–H and O–H groups in total. The number of benzene rings is 1. The average molecular weight is 307 g/mol. The number of nitrogens with zero attached hydrogens (tertiary/aromatic N) is 3. The number of hydrogen-bond donors (Lipinski definition) is 0. The molecule has 0 bridgehead atoms. The molecule has 13 heavy (non-hydrogen) atoms. The summed E-state index contributed by atoms with van der Waals surface area (Å²) in [4.78, 5) is 10.1. The third-order valence-electron chi connectivity index (χ3n) is 1.52. The number of nitro benzene ring substituents is 1. The van der Waals surface area contributed by atoms with Crippen LogP contribution in [-0.4, -0.2) is 27.8 Å². The molecule has 66 valence electrons. The van der Waals surface area contributed by atoms with E-state index in [2.05, 4.69) is 23.9 Å². The number of rotatable bonds is 1. The quantitative estimate of drug-likeness (QED) is 0.453. The monoisotopic (exact) mass is 307 g/mol. The Morgan fingerprint density at radius 2 is 2.00 bits per heavy atom. The molecule has 0 radical (unpaired) electrons. The number of halogens is 1. The Balaban J connectivity index is 2.76. The molecule has 0 atom stereocenters. The molecule has 0 amide bonds. The van der Waals surface area contributed by atoms with Gasteiger partial charge in [-0.15, -0.1) is 0 Å². The van der Waals surface area contributed by atoms with E-state index in [4.69, 9.17) is 0 Å². The molecule has 1 heterocycles. The molecule has 0 aliphatic heterocycles. The van der Waals surface area contributed by atoms with Crippen molar-refractivity contribution < 1.29 is 4.92 Å². The zero-order valence-corrected chi connectivity index (χ0v) is 9.40. The molecular weight excluding hydrogens is 305 g/mol. The van der Waals surface area contributed by atoms with Crippen LogP contribution in [0.15, 0.2) is 16.6 Å². The molecule has 1 aromatic heterocycles. The van der Waals surface area contributed by atoms with Crippen LogP contribution in [0.4, 0.5) is 5.69 Å². The molecule has 2 rings (SSSR count). The fraction of sp³-hybridized carbons (Fsp3) is 0. The Labute approximate surface area is 87.3 Å². The van der Waals surface area contributed by atoms with Gasteiger partial charge in [0.25, 0.3) is 0 Å². The molecule has 0 saturated carbocycles. The molecule has 2 aromatic rings. The van der Waals surface area contributed by atoms with Crippen LogP contribution in [0.25, 0.3) is 11.0 Å². The van der Waals surface area contributed by atoms with Gasteiger partial charge < -0.3 is 0 Å². The number of aromatic nitrogens is 2. The van der Waals surface area contributed by atoms with Gasteiger partial charge >= 0.3 is 87.2 Å². The maximum atomic E-state index is 10.5. The predicted octanol–water partition coefficient (Wildman–Crippen LogP) is 1.36. The van der Waals surface area contributed by atoms with Gasteiger partial charge in [0, 0.05) is 0 Å². The van der Waals surface area contributed by atoms with Gasteiger partial charge in [0.15, 0.2) is 0 Å². The standard InChI is InChI=1S/C6H2BrN3O2Se/c7-3-1-4-5(9-13-8-4)2-6(3)10(11)12/h1-2H. The maximum absolute atomic E-state index is 10.5. The third-order valence-corrected chi connectivity index (χ3v) is 3.32. The van der Waals surface area contributed by atoms with Crippen LogP contribution in [0, 0.1) is 10.1 Å². The summed E-state index contributed by atoms with van der Waals surface area (Å²) in [7, 11) is 0. The van der Waals surface area contributed by atoms with Crippen LogP contribution in [0.3, 0.4) is 0 Å². The van der Waals surface area contributed by atoms with Crippen molar-refractivity contribution in [2.45, 2.75) is 0 Å². The Morgan fingerprint density at radius 3 is 2.62 bits per heavy atom. The molecule has 0 unspecified atom stereocenters. The molecule has 0 aliphatic rings. The topological polar surface area (TPSA) is 68.9 Å². The molecular formula is C6H2BrN3O2Se. The van der Waals surface area contributed by atoms with E-state index in [1.165, 1.54) is 6.07 Å². The van der Waals surface area contributed by atoms with E-state index in [9.17, 15) is 10.1 Å². The number of fused-ring (bicyclic) bond motifs is 1. The van der Waals surface area contributed by atoms with Crippen LogP contribution < -0.4 is 0 Å². The molecule has 0 aliphatic carbocycles. The van der Waals surface area contributed by atoms with Gasteiger partial charge in [-0.2, -0.15) is 0 Å². The van der Waals surface area contributed by atoms with E-state index in [0.29, 0.717) is 9.99 Å². The van der Waals surface area contributed by atoms with Crippen molar-refractivity contribution in [1.29, 1.82) is 0 Å². The predicted molar refractivity (Wildman–Crippen MR) is 50.8 cm³/mol. The summed E-state index contributed by atoms with van der Waals surface area (Å²) in [6, 6.07) is 3.07. The van der Waals surface area contributed by atoms with Crippen LogP contribution in [-0.2, 0) is 0 Å². The van der Waals surface area contributed by atoms with Gasteiger partial charge in [-0.05, 0) is 0 Å². The normalized spacial score (nSPS) is 10.5. The minimum atomic E-state index is -0.439. The van der Waals surface area contributed by atoms with E-state index in [1.54, 1.807) is 6.07 Å². The first-order valence-electron chi connectivity index (χ1n) is 3.24. The molecule has 5 nitrogen and oxygen atoms in total. The first kappa shape index (κ1) is 8.80. The van der Waals surface area contributed by atoms with Gasteiger partial charge in [0.2, 0.25) is 0 Å². The van der Waals surface area contributed by atoms with Crippen molar-refractivity contribution in [2.24, 2.45) is 0 Å². The molecule has 0 fully saturated rings. The first-order valence-corrected chi connectivity index (χ1v) is 5.57. The van der Waals surface area contributed by atoms with Crippen LogP contribution in [0.5, 0.6) is 0 Å². The number of hydrogen-bond acceptors (Lipinski definition) is 4. The number of nitro groups is 1. The summed E-state index contributed by atoms with van der Waals surface area (Å²) in [5.41, 5.74) is 1.39. The van der Waals surface area contributed by atoms with Crippen molar-refractivity contribution in [3.05, 3.63) is 26.7 Å². The van der Waals surface area contributed by atoms with Crippen molar-refractivity contribution in [3.8, 4) is 0 Å². The second-order valence-electron chi connectivity index (χ2n) is 2.31. The van der Waals surface area contributed by atoms with E-state index in [1.807, 2.05) is 0 Å². The van der Waals surface area contributed by atoms with E-state index in [-0.39, 0.29) is 20.6 Å². The Bertz CT molecular complexity index is 484. The van der Waals surface area contributed by atoms with Crippen molar-refractivity contribution in [1.82, 2.24) is 7.96 Å². The molecule has 0 spiro atoms. The zero-order valence-electron chi connectivity index (χ0n) is 6.10. The summed E-state index contributed by atoms with van der Waals surface area (Å²) in [6.45, 7) is 0. The van der Waals surface area contributed by atoms with E-state index < -0.39 is 4.92 Å². The van der Waals surface area contributed by atoms with E-state index >= 15 is 0 Å². The van der Waals surface area contributed by atoms with Crippen LogP contribution in [0.2, 0.25) is 0 Å². The van der Waals surface area contributed by atoms with Crippen LogP contribution >= 0.6 is 15.9 Å². The van der Waals surface area contributed by atoms with Gasteiger partial charge in [0.1, 0.15) is 0 Å². The fourth-order valence-corrected chi connectivity index (χ4v) is 2.48. The van der Waals surface area contributed by atoms with Gasteiger partial charge in [0.05, 0.1) is 0 Å². The summed E-state index contributed by atoms with van der Waals surface area (Å²) < 4.78 is 8.61. The van der Waals surface area contributed by atoms with E-state index in [0.717, 1.165) is 5.52 Å². The minimum absolute atomic E-state index is 0.0374. The van der Waals surface area contributed by atoms with Gasteiger partial charge in [-0.3, -0.25) is 0 Å². The average Bonchev–Trinajstić information content (AvgIpc) is 2.48. The molecule has 0 saturated heterocycles. The van der Waals surface area contributed by atoms with Crippen molar-refractivity contribution in [2.75, 3.05) is 0 Å². The fourth-order valence-electron chi connectivity index (χ4n) is 0.935. The van der Waals surface area contributed by atoms with Gasteiger partial charge in [-0.25, -0.2) is 0 Å². The third kappa shape index (κ3) is 1.50. The van der Waals surface area contributed by atoms with Crippen molar-refractivity contribution >= 4 is 47.6 Å². The van der Waals surface area contributed by atoms with Gasteiger partial charge in [-0.1, -0.05) is 0 Å². The Kier molecular flexibility index (Phi) is 2.15. The molecule has 1 aromatic carbocycles. The zero-order chi connectivity index (χ0) is 9.42. The first-order chi connectivity index (χ1) is 6.18. The summed E-state index contributed by atoms with van der Waals surface area (Å²) in [6.07, 6.45) is 0. The summed E-state index contributed by atoms with van der Waals surface area (Å²) >= 11 is 2.97. The summed E-state index contributed by atoms with van der Waals surface area (Å²) in [5.74, 6) is 0. The second kappa shape index (κ2) is 3.17. The molecule has 7 heteroatoms. The summed E-state index contributed by atoms with van der Waals surface area (Å²) in [5, 5.41) is 10.5. The van der Waals surface area contributed by atoms with Crippen molar-refractivity contribution in [3.63, 3.8) is 0 Å².